The molecule has 2 aliphatic heterocycles. The summed E-state index contributed by atoms with van der Waals surface area (Å²) in [4.78, 5) is 6.90. The summed E-state index contributed by atoms with van der Waals surface area (Å²) in [5.74, 6) is -0.310. The first-order chi connectivity index (χ1) is 13.8. The van der Waals surface area contributed by atoms with Gasteiger partial charge in [0.15, 0.2) is 0 Å². The summed E-state index contributed by atoms with van der Waals surface area (Å²) in [6, 6.07) is 5.64. The second-order valence-electron chi connectivity index (χ2n) is 7.56. The van der Waals surface area contributed by atoms with Gasteiger partial charge in [-0.2, -0.15) is 0 Å². The van der Waals surface area contributed by atoms with Crippen molar-refractivity contribution in [2.24, 2.45) is 0 Å². The molecule has 2 saturated heterocycles. The summed E-state index contributed by atoms with van der Waals surface area (Å²) < 4.78 is 47.1. The van der Waals surface area contributed by atoms with E-state index in [-0.39, 0.29) is 11.9 Å². The lowest BCUT2D eigenvalue weighted by atomic mass is 9.84. The molecule has 5 nitrogen and oxygen atoms in total. The molecular formula is C20H23F3N2O3S. The first-order valence-electron chi connectivity index (χ1n) is 9.68. The normalized spacial score (nSPS) is 22.7. The van der Waals surface area contributed by atoms with E-state index in [1.54, 1.807) is 17.4 Å². The van der Waals surface area contributed by atoms with E-state index in [4.69, 9.17) is 9.72 Å². The number of thiazole rings is 1. The summed E-state index contributed by atoms with van der Waals surface area (Å²) in [6.45, 7) is 2.75. The van der Waals surface area contributed by atoms with Gasteiger partial charge in [-0.05, 0) is 43.4 Å². The zero-order valence-corrected chi connectivity index (χ0v) is 16.6. The summed E-state index contributed by atoms with van der Waals surface area (Å²) >= 11 is 1.62. The Hall–Kier alpha value is -1.68. The molecule has 3 heterocycles. The molecular weight excluding hydrogens is 405 g/mol. The van der Waals surface area contributed by atoms with Crippen molar-refractivity contribution in [1.29, 1.82) is 0 Å². The number of benzene rings is 1. The lowest BCUT2D eigenvalue weighted by Crippen LogP contribution is -2.42. The minimum atomic E-state index is -4.75. The van der Waals surface area contributed by atoms with Gasteiger partial charge in [0.1, 0.15) is 16.9 Å². The number of alkyl halides is 3. The number of aliphatic hydroxyl groups is 1. The molecule has 0 amide bonds. The molecule has 1 atom stereocenters. The standard InChI is InChI=1S/C20H23F3N2O3S/c21-20(22,23)28-16-4-1-3-14(11-16)19(26)6-8-25(9-7-19)12-15-13-29-18(24-15)17-5-2-10-27-17/h1,3-4,11,13,17,26H,2,5-10,12H2/t17-/m0/s1. The average Bonchev–Trinajstić information content (AvgIpc) is 3.34. The van der Waals surface area contributed by atoms with Gasteiger partial charge in [0.2, 0.25) is 0 Å². The fourth-order valence-electron chi connectivity index (χ4n) is 3.90. The van der Waals surface area contributed by atoms with Gasteiger partial charge >= 0.3 is 6.36 Å². The van der Waals surface area contributed by atoms with Crippen molar-refractivity contribution in [3.05, 3.63) is 45.9 Å². The smallest absolute Gasteiger partial charge is 0.406 e. The highest BCUT2D eigenvalue weighted by molar-refractivity contribution is 7.09. The molecule has 1 aromatic carbocycles. The molecule has 0 unspecified atom stereocenters. The summed E-state index contributed by atoms with van der Waals surface area (Å²) in [5, 5.41) is 14.1. The molecule has 1 N–H and O–H groups in total. The van der Waals surface area contributed by atoms with Crippen molar-refractivity contribution in [3.8, 4) is 5.75 Å². The molecule has 0 spiro atoms. The van der Waals surface area contributed by atoms with Gasteiger partial charge in [-0.25, -0.2) is 4.98 Å². The van der Waals surface area contributed by atoms with Crippen LogP contribution < -0.4 is 4.74 Å². The van der Waals surface area contributed by atoms with Crippen molar-refractivity contribution >= 4 is 11.3 Å². The Kier molecular flexibility index (Phi) is 5.83. The van der Waals surface area contributed by atoms with E-state index in [1.807, 2.05) is 0 Å². The Morgan fingerprint density at radius 2 is 2.10 bits per heavy atom. The van der Waals surface area contributed by atoms with Crippen LogP contribution in [0.5, 0.6) is 5.75 Å². The van der Waals surface area contributed by atoms with E-state index in [1.165, 1.54) is 18.2 Å². The van der Waals surface area contributed by atoms with Crippen LogP contribution in [-0.4, -0.2) is 41.0 Å². The molecule has 4 rings (SSSR count). The monoisotopic (exact) mass is 428 g/mol. The molecule has 158 valence electrons. The molecule has 0 saturated carbocycles. The first kappa shape index (κ1) is 20.6. The molecule has 0 bridgehead atoms. The van der Waals surface area contributed by atoms with Gasteiger partial charge in [-0.15, -0.1) is 24.5 Å². The summed E-state index contributed by atoms with van der Waals surface area (Å²) in [5.41, 5.74) is 0.284. The van der Waals surface area contributed by atoms with Crippen molar-refractivity contribution in [3.63, 3.8) is 0 Å². The maximum absolute atomic E-state index is 12.5. The van der Waals surface area contributed by atoms with Crippen LogP contribution in [0.2, 0.25) is 0 Å². The van der Waals surface area contributed by atoms with E-state index in [0.717, 1.165) is 30.2 Å². The molecule has 9 heteroatoms. The summed E-state index contributed by atoms with van der Waals surface area (Å²) in [6.07, 6.45) is -1.68. The van der Waals surface area contributed by atoms with Gasteiger partial charge in [0.05, 0.1) is 11.3 Å². The fraction of sp³-hybridized carbons (Fsp3) is 0.550. The molecule has 1 aromatic heterocycles. The van der Waals surface area contributed by atoms with E-state index in [9.17, 15) is 18.3 Å². The van der Waals surface area contributed by atoms with E-state index >= 15 is 0 Å². The highest BCUT2D eigenvalue weighted by Crippen LogP contribution is 2.36. The first-order valence-corrected chi connectivity index (χ1v) is 10.6. The van der Waals surface area contributed by atoms with Crippen LogP contribution in [0.4, 0.5) is 13.2 Å². The van der Waals surface area contributed by atoms with E-state index in [2.05, 4.69) is 15.0 Å². The Morgan fingerprint density at radius 3 is 2.79 bits per heavy atom. The zero-order valence-electron chi connectivity index (χ0n) is 15.8. The fourth-order valence-corrected chi connectivity index (χ4v) is 4.79. The Bertz CT molecular complexity index is 828. The minimum Gasteiger partial charge on any atom is -0.406 e. The number of aromatic nitrogens is 1. The molecule has 29 heavy (non-hydrogen) atoms. The van der Waals surface area contributed by atoms with Crippen LogP contribution in [0, 0.1) is 0 Å². The van der Waals surface area contributed by atoms with Crippen molar-refractivity contribution in [2.75, 3.05) is 19.7 Å². The van der Waals surface area contributed by atoms with E-state index in [0.29, 0.717) is 38.0 Å². The third kappa shape index (κ3) is 5.09. The number of hydrogen-bond donors (Lipinski definition) is 1. The van der Waals surface area contributed by atoms with E-state index < -0.39 is 12.0 Å². The SMILES string of the molecule is OC1(c2cccc(OC(F)(F)F)c2)CCN(Cc2csc([C@@H]3CCCO3)n2)CC1. The van der Waals surface area contributed by atoms with Crippen LogP contribution >= 0.6 is 11.3 Å². The van der Waals surface area contributed by atoms with Crippen LogP contribution in [0.1, 0.15) is 48.1 Å². The summed E-state index contributed by atoms with van der Waals surface area (Å²) in [7, 11) is 0. The number of rotatable bonds is 5. The van der Waals surface area contributed by atoms with Crippen molar-refractivity contribution in [2.45, 2.75) is 50.3 Å². The van der Waals surface area contributed by atoms with Gasteiger partial charge < -0.3 is 14.6 Å². The number of piperidine rings is 1. The quantitative estimate of drug-likeness (QED) is 0.766. The number of ether oxygens (including phenoxy) is 2. The third-order valence-corrected chi connectivity index (χ3v) is 6.43. The maximum Gasteiger partial charge on any atom is 0.573 e. The van der Waals surface area contributed by atoms with Crippen LogP contribution in [0.15, 0.2) is 29.6 Å². The maximum atomic E-state index is 12.5. The van der Waals surface area contributed by atoms with Crippen LogP contribution in [0.25, 0.3) is 0 Å². The minimum absolute atomic E-state index is 0.117. The number of hydrogen-bond acceptors (Lipinski definition) is 6. The van der Waals surface area contributed by atoms with Crippen molar-refractivity contribution in [1.82, 2.24) is 9.88 Å². The molecule has 0 radical (unpaired) electrons. The Morgan fingerprint density at radius 1 is 1.31 bits per heavy atom. The number of halogens is 3. The highest BCUT2D eigenvalue weighted by Gasteiger charge is 2.36. The predicted molar refractivity (Wildman–Crippen MR) is 102 cm³/mol. The largest absolute Gasteiger partial charge is 0.573 e. The second kappa shape index (κ2) is 8.22. The van der Waals surface area contributed by atoms with Gasteiger partial charge in [-0.1, -0.05) is 12.1 Å². The molecule has 2 fully saturated rings. The van der Waals surface area contributed by atoms with Crippen LogP contribution in [0.3, 0.4) is 0 Å². The topological polar surface area (TPSA) is 54.8 Å². The molecule has 0 aliphatic carbocycles. The zero-order chi connectivity index (χ0) is 20.5. The van der Waals surface area contributed by atoms with Crippen LogP contribution in [-0.2, 0) is 16.9 Å². The second-order valence-corrected chi connectivity index (χ2v) is 8.45. The average molecular weight is 428 g/mol. The Balaban J connectivity index is 1.35. The third-order valence-electron chi connectivity index (χ3n) is 5.45. The Labute approximate surface area is 171 Å². The number of nitrogens with zero attached hydrogens (tertiary/aromatic N) is 2. The molecule has 2 aromatic rings. The molecule has 2 aliphatic rings. The van der Waals surface area contributed by atoms with Crippen molar-refractivity contribution < 1.29 is 27.8 Å². The van der Waals surface area contributed by atoms with Gasteiger partial charge in [-0.3, -0.25) is 4.90 Å². The van der Waals surface area contributed by atoms with Gasteiger partial charge in [0, 0.05) is 31.6 Å². The van der Waals surface area contributed by atoms with Gasteiger partial charge in [0.25, 0.3) is 0 Å². The lowest BCUT2D eigenvalue weighted by Gasteiger charge is -2.38. The lowest BCUT2D eigenvalue weighted by molar-refractivity contribution is -0.274. The number of likely N-dealkylation sites (tertiary alicyclic amines) is 1. The highest BCUT2D eigenvalue weighted by atomic mass is 32.1. The predicted octanol–water partition coefficient (Wildman–Crippen LogP) is 4.38.